The molecular formula is C17H13ClF3N5. The van der Waals surface area contributed by atoms with Gasteiger partial charge in [-0.3, -0.25) is 0 Å². The van der Waals surface area contributed by atoms with Crippen molar-refractivity contribution < 1.29 is 13.2 Å². The molecule has 1 aromatic carbocycles. The van der Waals surface area contributed by atoms with Crippen LogP contribution in [0.25, 0.3) is 16.9 Å². The largest absolute Gasteiger partial charge is 0.356 e. The van der Waals surface area contributed by atoms with Gasteiger partial charge in [-0.05, 0) is 24.7 Å². The van der Waals surface area contributed by atoms with E-state index >= 15 is 0 Å². The minimum Gasteiger partial charge on any atom is -0.356 e. The average Bonchev–Trinajstić information content (AvgIpc) is 3.21. The lowest BCUT2D eigenvalue weighted by Crippen LogP contribution is -2.33. The molecule has 2 unspecified atom stereocenters. The van der Waals surface area contributed by atoms with Crippen molar-refractivity contribution in [3.63, 3.8) is 0 Å². The second-order valence-corrected chi connectivity index (χ2v) is 7.17. The number of aromatic nitrogens is 4. The minimum absolute atomic E-state index is 0.0683. The Kier molecular flexibility index (Phi) is 3.40. The molecule has 2 aliphatic rings. The summed E-state index contributed by atoms with van der Waals surface area (Å²) in [5, 5.41) is 4.07. The highest BCUT2D eigenvalue weighted by Gasteiger charge is 2.43. The minimum atomic E-state index is -1.03. The highest BCUT2D eigenvalue weighted by molar-refractivity contribution is 6.33. The highest BCUT2D eigenvalue weighted by atomic mass is 35.5. The first-order valence-electron chi connectivity index (χ1n) is 8.32. The zero-order valence-corrected chi connectivity index (χ0v) is 14.2. The SMILES string of the molecule is Fc1cc(F)c(-c2c(Cl)nc3ncnn3c2N2CCC3CC3C2)c(F)c1. The Labute approximate surface area is 151 Å². The molecule has 2 fully saturated rings. The van der Waals surface area contributed by atoms with Crippen molar-refractivity contribution in [2.75, 3.05) is 18.0 Å². The van der Waals surface area contributed by atoms with E-state index in [0.717, 1.165) is 25.3 Å². The van der Waals surface area contributed by atoms with E-state index in [1.807, 2.05) is 4.90 Å². The van der Waals surface area contributed by atoms with E-state index in [1.165, 1.54) is 10.8 Å². The predicted octanol–water partition coefficient (Wildman–Crippen LogP) is 3.71. The smallest absolute Gasteiger partial charge is 0.255 e. The molecule has 5 nitrogen and oxygen atoms in total. The third-order valence-electron chi connectivity index (χ3n) is 5.21. The third kappa shape index (κ3) is 2.35. The molecule has 9 heteroatoms. The molecule has 5 rings (SSSR count). The zero-order valence-electron chi connectivity index (χ0n) is 13.5. The summed E-state index contributed by atoms with van der Waals surface area (Å²) in [5.74, 6) is -1.10. The van der Waals surface area contributed by atoms with Gasteiger partial charge in [0.2, 0.25) is 0 Å². The summed E-state index contributed by atoms with van der Waals surface area (Å²) in [6.07, 6.45) is 3.46. The molecule has 134 valence electrons. The monoisotopic (exact) mass is 379 g/mol. The van der Waals surface area contributed by atoms with Crippen LogP contribution in [0.15, 0.2) is 18.5 Å². The molecule has 1 saturated carbocycles. The lowest BCUT2D eigenvalue weighted by molar-refractivity contribution is 0.539. The first-order chi connectivity index (χ1) is 12.5. The second-order valence-electron chi connectivity index (χ2n) is 6.81. The van der Waals surface area contributed by atoms with E-state index in [0.29, 0.717) is 30.4 Å². The standard InChI is InChI=1S/C17H13ClF3N5/c18-15-14(13-11(20)4-10(19)5-12(13)21)16(26-17(24-15)22-7-23-26)25-2-1-8-3-9(8)6-25/h4-5,7-9H,1-3,6H2. The molecule has 1 saturated heterocycles. The Morgan fingerprint density at radius 1 is 1.08 bits per heavy atom. The summed E-state index contributed by atoms with van der Waals surface area (Å²) in [6, 6.07) is 1.27. The van der Waals surface area contributed by atoms with Crippen LogP contribution >= 0.6 is 11.6 Å². The van der Waals surface area contributed by atoms with E-state index < -0.39 is 23.0 Å². The Bertz CT molecular complexity index is 1010. The summed E-state index contributed by atoms with van der Waals surface area (Å²) in [6.45, 7) is 1.46. The number of hydrogen-bond donors (Lipinski definition) is 0. The Balaban J connectivity index is 1.79. The van der Waals surface area contributed by atoms with Crippen LogP contribution in [-0.2, 0) is 0 Å². The van der Waals surface area contributed by atoms with Crippen molar-refractivity contribution in [3.8, 4) is 11.1 Å². The van der Waals surface area contributed by atoms with Gasteiger partial charge in [-0.15, -0.1) is 0 Å². The van der Waals surface area contributed by atoms with Crippen LogP contribution in [0.1, 0.15) is 12.8 Å². The van der Waals surface area contributed by atoms with Crippen LogP contribution in [0.4, 0.5) is 19.0 Å². The fourth-order valence-electron chi connectivity index (χ4n) is 3.87. The summed E-state index contributed by atoms with van der Waals surface area (Å²) >= 11 is 6.30. The topological polar surface area (TPSA) is 46.3 Å². The van der Waals surface area contributed by atoms with Crippen molar-refractivity contribution in [2.24, 2.45) is 11.8 Å². The lowest BCUT2D eigenvalue weighted by atomic mass is 10.0. The molecule has 26 heavy (non-hydrogen) atoms. The summed E-state index contributed by atoms with van der Waals surface area (Å²) < 4.78 is 43.8. The highest BCUT2D eigenvalue weighted by Crippen LogP contribution is 2.48. The first-order valence-corrected chi connectivity index (χ1v) is 8.70. The first kappa shape index (κ1) is 15.9. The number of benzene rings is 1. The van der Waals surface area contributed by atoms with Crippen molar-refractivity contribution in [1.29, 1.82) is 0 Å². The molecule has 0 amide bonds. The maximum Gasteiger partial charge on any atom is 0.255 e. The zero-order chi connectivity index (χ0) is 18.0. The van der Waals surface area contributed by atoms with Gasteiger partial charge in [-0.2, -0.15) is 19.6 Å². The number of piperidine rings is 1. The van der Waals surface area contributed by atoms with Gasteiger partial charge in [0.05, 0.1) is 11.1 Å². The molecule has 1 aliphatic heterocycles. The Morgan fingerprint density at radius 3 is 2.58 bits per heavy atom. The number of anilines is 1. The van der Waals surface area contributed by atoms with E-state index in [4.69, 9.17) is 11.6 Å². The number of hydrogen-bond acceptors (Lipinski definition) is 4. The number of halogens is 4. The van der Waals surface area contributed by atoms with E-state index in [2.05, 4.69) is 15.1 Å². The number of rotatable bonds is 2. The summed E-state index contributed by atoms with van der Waals surface area (Å²) in [4.78, 5) is 10.2. The van der Waals surface area contributed by atoms with Gasteiger partial charge in [0, 0.05) is 25.2 Å². The maximum absolute atomic E-state index is 14.5. The normalized spacial score (nSPS) is 21.9. The molecule has 3 aromatic rings. The van der Waals surface area contributed by atoms with Crippen molar-refractivity contribution in [2.45, 2.75) is 12.8 Å². The molecule has 2 atom stereocenters. The number of fused-ring (bicyclic) bond motifs is 2. The molecule has 0 bridgehead atoms. The van der Waals surface area contributed by atoms with E-state index in [9.17, 15) is 13.2 Å². The average molecular weight is 380 g/mol. The maximum atomic E-state index is 14.5. The summed E-state index contributed by atoms with van der Waals surface area (Å²) in [5.41, 5.74) is -0.340. The second kappa shape index (κ2) is 5.57. The lowest BCUT2D eigenvalue weighted by Gasteiger charge is -2.30. The van der Waals surface area contributed by atoms with Gasteiger partial charge in [0.15, 0.2) is 0 Å². The van der Waals surface area contributed by atoms with Crippen LogP contribution in [0, 0.1) is 29.3 Å². The fourth-order valence-corrected chi connectivity index (χ4v) is 4.12. The fraction of sp³-hybridized carbons (Fsp3) is 0.353. The van der Waals surface area contributed by atoms with Gasteiger partial charge < -0.3 is 4.90 Å². The Morgan fingerprint density at radius 2 is 1.85 bits per heavy atom. The van der Waals surface area contributed by atoms with Crippen LogP contribution in [-0.4, -0.2) is 32.7 Å². The molecule has 2 aromatic heterocycles. The third-order valence-corrected chi connectivity index (χ3v) is 5.48. The summed E-state index contributed by atoms with van der Waals surface area (Å²) in [7, 11) is 0. The van der Waals surface area contributed by atoms with Crippen molar-refractivity contribution in [3.05, 3.63) is 41.1 Å². The molecule has 0 N–H and O–H groups in total. The van der Waals surface area contributed by atoms with Crippen LogP contribution in [0.5, 0.6) is 0 Å². The van der Waals surface area contributed by atoms with Crippen LogP contribution in [0.3, 0.4) is 0 Å². The van der Waals surface area contributed by atoms with Gasteiger partial charge in [-0.25, -0.2) is 13.2 Å². The molecule has 1 aliphatic carbocycles. The molecule has 0 spiro atoms. The van der Waals surface area contributed by atoms with Gasteiger partial charge in [0.25, 0.3) is 5.78 Å². The Hall–Kier alpha value is -2.35. The molecular weight excluding hydrogens is 367 g/mol. The predicted molar refractivity (Wildman–Crippen MR) is 89.5 cm³/mol. The van der Waals surface area contributed by atoms with Gasteiger partial charge >= 0.3 is 0 Å². The van der Waals surface area contributed by atoms with Gasteiger partial charge in [0.1, 0.15) is 34.7 Å². The van der Waals surface area contributed by atoms with Crippen molar-refractivity contribution in [1.82, 2.24) is 19.6 Å². The van der Waals surface area contributed by atoms with Gasteiger partial charge in [-0.1, -0.05) is 11.6 Å². The van der Waals surface area contributed by atoms with Crippen molar-refractivity contribution >= 4 is 23.2 Å². The number of nitrogens with zero attached hydrogens (tertiary/aromatic N) is 5. The van der Waals surface area contributed by atoms with Crippen LogP contribution in [0.2, 0.25) is 5.15 Å². The van der Waals surface area contributed by atoms with E-state index in [1.54, 1.807) is 0 Å². The quantitative estimate of drug-likeness (QED) is 0.637. The van der Waals surface area contributed by atoms with E-state index in [-0.39, 0.29) is 16.5 Å². The van der Waals surface area contributed by atoms with Crippen LogP contribution < -0.4 is 4.90 Å². The molecule has 0 radical (unpaired) electrons. The molecule has 3 heterocycles.